The van der Waals surface area contributed by atoms with Crippen molar-refractivity contribution in [1.82, 2.24) is 5.32 Å². The van der Waals surface area contributed by atoms with Gasteiger partial charge in [0.25, 0.3) is 0 Å². The summed E-state index contributed by atoms with van der Waals surface area (Å²) in [6.07, 6.45) is 2.29. The van der Waals surface area contributed by atoms with E-state index in [2.05, 4.69) is 19.0 Å². The number of halogens is 3. The molecule has 4 aliphatic carbocycles. The third-order valence-electron chi connectivity index (χ3n) is 9.27. The second kappa shape index (κ2) is 8.51. The van der Waals surface area contributed by atoms with Gasteiger partial charge in [0.2, 0.25) is 0 Å². The average Bonchev–Trinajstić information content (AvgIpc) is 3.04. The Balaban J connectivity index is 1.41. The molecule has 2 N–H and O–H groups in total. The normalized spacial score (nSPS) is 42.8. The van der Waals surface area contributed by atoms with E-state index in [0.717, 1.165) is 50.7 Å². The van der Waals surface area contributed by atoms with E-state index in [4.69, 9.17) is 0 Å². The topological polar surface area (TPSA) is 78.8 Å². The number of amides is 1. The van der Waals surface area contributed by atoms with Crippen LogP contribution in [-0.2, 0) is 9.59 Å². The molecule has 5 nitrogen and oxygen atoms in total. The average molecular weight is 475 g/mol. The number of carbonyl (C=O) groups is 2. The molecule has 0 aromatic carbocycles. The maximum atomic E-state index is 12.6. The maximum Gasteiger partial charge on any atom is 0.471 e. The molecule has 32 heavy (non-hydrogen) atoms. The molecule has 1 amide bonds. The third kappa shape index (κ3) is 3.96. The van der Waals surface area contributed by atoms with E-state index in [1.165, 1.54) is 0 Å². The van der Waals surface area contributed by atoms with Gasteiger partial charge in [0.15, 0.2) is 0 Å². The number of thioether (sulfide) groups is 1. The van der Waals surface area contributed by atoms with Crippen LogP contribution >= 0.6 is 11.8 Å². The number of alkyl halides is 3. The van der Waals surface area contributed by atoms with Gasteiger partial charge in [0, 0.05) is 35.3 Å². The lowest BCUT2D eigenvalue weighted by Gasteiger charge is -2.60. The number of fused-ring (bicyclic) bond motifs is 5. The summed E-state index contributed by atoms with van der Waals surface area (Å²) in [5, 5.41) is 15.8. The molecule has 4 rings (SSSR count). The van der Waals surface area contributed by atoms with Gasteiger partial charge in [0.05, 0.1) is 5.71 Å². The Kier molecular flexibility index (Phi) is 6.36. The lowest BCUT2D eigenvalue weighted by Crippen LogP contribution is -2.57. The van der Waals surface area contributed by atoms with Gasteiger partial charge in [-0.25, -0.2) is 0 Å². The molecule has 0 aliphatic heterocycles. The predicted molar refractivity (Wildman–Crippen MR) is 117 cm³/mol. The molecule has 0 radical (unpaired) electrons. The number of oxime groups is 1. The van der Waals surface area contributed by atoms with Gasteiger partial charge in [-0.15, -0.1) is 0 Å². The number of Topliss-reactive ketones (excluding diaryl/α,β-unsaturated/α-hetero) is 1. The molecule has 1 unspecified atom stereocenters. The van der Waals surface area contributed by atoms with E-state index in [9.17, 15) is 28.0 Å². The molecular weight excluding hydrogens is 441 g/mol. The van der Waals surface area contributed by atoms with E-state index in [1.54, 1.807) is 11.8 Å². The van der Waals surface area contributed by atoms with E-state index in [-0.39, 0.29) is 28.5 Å². The molecule has 4 aliphatic rings. The van der Waals surface area contributed by atoms with E-state index in [1.807, 2.05) is 5.32 Å². The van der Waals surface area contributed by atoms with Gasteiger partial charge in [-0.3, -0.25) is 9.59 Å². The zero-order valence-corrected chi connectivity index (χ0v) is 19.5. The van der Waals surface area contributed by atoms with Crippen LogP contribution in [0.4, 0.5) is 13.2 Å². The molecule has 7 atom stereocenters. The summed E-state index contributed by atoms with van der Waals surface area (Å²) in [7, 11) is 0. The van der Waals surface area contributed by atoms with Crippen LogP contribution in [0.1, 0.15) is 65.2 Å². The maximum absolute atomic E-state index is 12.6. The minimum absolute atomic E-state index is 0.0125. The van der Waals surface area contributed by atoms with Gasteiger partial charge in [-0.1, -0.05) is 19.0 Å². The SMILES string of the molecule is C[C@]12CC[C@@H](SCCNC(=O)C(F)(F)F)CC1/C(=N\O)C[C@@H]1[C@@H]2CC[C@]2(C)C(=O)CC[C@@H]12. The second-order valence-electron chi connectivity index (χ2n) is 10.7. The largest absolute Gasteiger partial charge is 0.471 e. The fourth-order valence-electron chi connectivity index (χ4n) is 7.55. The van der Waals surface area contributed by atoms with Crippen molar-refractivity contribution in [3.63, 3.8) is 0 Å². The summed E-state index contributed by atoms with van der Waals surface area (Å²) in [6.45, 7) is 4.45. The Morgan fingerprint density at radius 1 is 1.22 bits per heavy atom. The first kappa shape index (κ1) is 23.9. The van der Waals surface area contributed by atoms with Crippen molar-refractivity contribution >= 4 is 29.2 Å². The highest BCUT2D eigenvalue weighted by molar-refractivity contribution is 7.99. The summed E-state index contributed by atoms with van der Waals surface area (Å²) in [5.41, 5.74) is 0.644. The molecular formula is C23H33F3N2O3S. The van der Waals surface area contributed by atoms with Gasteiger partial charge in [-0.05, 0) is 68.1 Å². The molecule has 0 bridgehead atoms. The van der Waals surface area contributed by atoms with Crippen LogP contribution in [0.2, 0.25) is 0 Å². The highest BCUT2D eigenvalue weighted by Crippen LogP contribution is 2.65. The second-order valence-corrected chi connectivity index (χ2v) is 12.1. The highest BCUT2D eigenvalue weighted by Gasteiger charge is 2.61. The van der Waals surface area contributed by atoms with Gasteiger partial charge >= 0.3 is 12.1 Å². The quantitative estimate of drug-likeness (QED) is 0.348. The van der Waals surface area contributed by atoms with Crippen LogP contribution in [0.3, 0.4) is 0 Å². The third-order valence-corrected chi connectivity index (χ3v) is 10.6. The molecule has 0 spiro atoms. The number of carbonyl (C=O) groups excluding carboxylic acids is 2. The van der Waals surface area contributed by atoms with Crippen LogP contribution in [-0.4, -0.2) is 46.3 Å². The summed E-state index contributed by atoms with van der Waals surface area (Å²) in [4.78, 5) is 23.6. The number of nitrogens with zero attached hydrogens (tertiary/aromatic N) is 1. The smallest absolute Gasteiger partial charge is 0.411 e. The Hall–Kier alpha value is -1.25. The number of ketones is 1. The summed E-state index contributed by atoms with van der Waals surface area (Å²) < 4.78 is 37.0. The number of hydrogen-bond acceptors (Lipinski definition) is 5. The van der Waals surface area contributed by atoms with Crippen molar-refractivity contribution in [3.05, 3.63) is 0 Å². The molecule has 4 fully saturated rings. The number of rotatable bonds is 4. The fourth-order valence-corrected chi connectivity index (χ4v) is 8.72. The number of nitrogens with one attached hydrogen (secondary N) is 1. The number of hydrogen-bond donors (Lipinski definition) is 2. The van der Waals surface area contributed by atoms with Gasteiger partial charge in [-0.2, -0.15) is 24.9 Å². The Morgan fingerprint density at radius 2 is 1.97 bits per heavy atom. The first-order valence-electron chi connectivity index (χ1n) is 11.7. The zero-order chi connectivity index (χ0) is 23.3. The lowest BCUT2D eigenvalue weighted by atomic mass is 9.45. The van der Waals surface area contributed by atoms with Crippen molar-refractivity contribution in [2.75, 3.05) is 12.3 Å². The minimum Gasteiger partial charge on any atom is -0.411 e. The van der Waals surface area contributed by atoms with Crippen LogP contribution in [0.25, 0.3) is 0 Å². The molecule has 4 saturated carbocycles. The monoisotopic (exact) mass is 474 g/mol. The standard InChI is InChI=1S/C23H33F3N2O3S/c1-21-7-5-13(32-10-9-27-20(30)23(24,25)26)11-17(21)18(28-31)12-14-15-3-4-19(29)22(15,2)8-6-16(14)21/h13-17,31H,3-12H2,1-2H3,(H,27,30)/b28-18-/t13-,14+,15+,16+,17?,21-,22+/m1/s1. The van der Waals surface area contributed by atoms with E-state index < -0.39 is 12.1 Å². The van der Waals surface area contributed by atoms with E-state index in [0.29, 0.717) is 35.7 Å². The lowest BCUT2D eigenvalue weighted by molar-refractivity contribution is -0.173. The zero-order valence-electron chi connectivity index (χ0n) is 18.7. The van der Waals surface area contributed by atoms with Gasteiger partial charge in [0.1, 0.15) is 5.78 Å². The molecule has 0 aromatic rings. The van der Waals surface area contributed by atoms with Crippen molar-refractivity contribution < 1.29 is 28.0 Å². The van der Waals surface area contributed by atoms with Crippen LogP contribution in [0.5, 0.6) is 0 Å². The van der Waals surface area contributed by atoms with Crippen LogP contribution in [0, 0.1) is 34.5 Å². The first-order valence-corrected chi connectivity index (χ1v) is 12.8. The van der Waals surface area contributed by atoms with Crippen molar-refractivity contribution in [3.8, 4) is 0 Å². The predicted octanol–water partition coefficient (Wildman–Crippen LogP) is 4.82. The first-order chi connectivity index (χ1) is 15.0. The van der Waals surface area contributed by atoms with Crippen molar-refractivity contribution in [2.45, 2.75) is 76.6 Å². The van der Waals surface area contributed by atoms with E-state index >= 15 is 0 Å². The van der Waals surface area contributed by atoms with Gasteiger partial charge < -0.3 is 10.5 Å². The Morgan fingerprint density at radius 3 is 2.66 bits per heavy atom. The summed E-state index contributed by atoms with van der Waals surface area (Å²) in [6, 6.07) is 0. The van der Waals surface area contributed by atoms with Crippen LogP contribution < -0.4 is 5.32 Å². The Bertz CT molecular complexity index is 804. The summed E-state index contributed by atoms with van der Waals surface area (Å²) in [5.74, 6) is 0.355. The van der Waals surface area contributed by atoms with Crippen LogP contribution in [0.15, 0.2) is 5.16 Å². The Labute approximate surface area is 191 Å². The van der Waals surface area contributed by atoms with Crippen molar-refractivity contribution in [2.24, 2.45) is 39.7 Å². The minimum atomic E-state index is -4.84. The fraction of sp³-hybridized carbons (Fsp3) is 0.870. The highest BCUT2D eigenvalue weighted by atomic mass is 32.2. The molecule has 0 saturated heterocycles. The summed E-state index contributed by atoms with van der Waals surface area (Å²) >= 11 is 1.60. The van der Waals surface area contributed by atoms with Crippen molar-refractivity contribution in [1.29, 1.82) is 0 Å². The molecule has 0 heterocycles. The molecule has 0 aromatic heterocycles. The molecule has 180 valence electrons. The molecule has 9 heteroatoms.